The minimum Gasteiger partial charge on any atom is -0.341 e. The molecule has 2 fully saturated rings. The lowest BCUT2D eigenvalue weighted by atomic mass is 10.3. The van der Waals surface area contributed by atoms with Crippen molar-refractivity contribution < 1.29 is 22.8 Å². The van der Waals surface area contributed by atoms with Gasteiger partial charge in [-0.15, -0.1) is 0 Å². The summed E-state index contributed by atoms with van der Waals surface area (Å²) in [7, 11) is -3.24. The number of nitrogens with zero attached hydrogens (tertiary/aromatic N) is 3. The van der Waals surface area contributed by atoms with Crippen LogP contribution in [-0.4, -0.2) is 79.2 Å². The molecule has 0 aromatic heterocycles. The van der Waals surface area contributed by atoms with Crippen LogP contribution in [0, 0.1) is 0 Å². The van der Waals surface area contributed by atoms with Gasteiger partial charge in [0.1, 0.15) is 0 Å². The van der Waals surface area contributed by atoms with Gasteiger partial charge in [-0.05, 0) is 6.42 Å². The third-order valence-electron chi connectivity index (χ3n) is 3.98. The van der Waals surface area contributed by atoms with Crippen molar-refractivity contribution in [3.05, 3.63) is 0 Å². The minimum absolute atomic E-state index is 0.0936. The van der Waals surface area contributed by atoms with Gasteiger partial charge in [0, 0.05) is 52.0 Å². The fraction of sp³-hybridized carbons (Fsp3) is 0.769. The van der Waals surface area contributed by atoms with Gasteiger partial charge in [-0.3, -0.25) is 19.3 Å². The van der Waals surface area contributed by atoms with Crippen molar-refractivity contribution in [3.8, 4) is 0 Å². The van der Waals surface area contributed by atoms with E-state index < -0.39 is 10.0 Å². The summed E-state index contributed by atoms with van der Waals surface area (Å²) in [6, 6.07) is 0. The Bertz CT molecular complexity index is 558. The van der Waals surface area contributed by atoms with Gasteiger partial charge in [0.25, 0.3) is 0 Å². The molecule has 2 rings (SSSR count). The molecule has 124 valence electrons. The normalized spacial score (nSPS) is 21.3. The lowest BCUT2D eigenvalue weighted by molar-refractivity contribution is -0.139. The van der Waals surface area contributed by atoms with Crippen molar-refractivity contribution in [1.29, 1.82) is 0 Å². The summed E-state index contributed by atoms with van der Waals surface area (Å²) in [5, 5.41) is 0. The highest BCUT2D eigenvalue weighted by molar-refractivity contribution is 7.88. The van der Waals surface area contributed by atoms with Crippen LogP contribution in [0.2, 0.25) is 0 Å². The molecule has 2 saturated heterocycles. The van der Waals surface area contributed by atoms with Crippen LogP contribution >= 0.6 is 0 Å². The van der Waals surface area contributed by atoms with Gasteiger partial charge in [-0.1, -0.05) is 0 Å². The molecule has 0 unspecified atom stereocenters. The van der Waals surface area contributed by atoms with E-state index in [1.807, 2.05) is 0 Å². The van der Waals surface area contributed by atoms with E-state index in [0.29, 0.717) is 26.1 Å². The Balaban J connectivity index is 1.85. The van der Waals surface area contributed by atoms with E-state index in [9.17, 15) is 22.8 Å². The van der Waals surface area contributed by atoms with E-state index in [2.05, 4.69) is 0 Å². The lowest BCUT2D eigenvalue weighted by Gasteiger charge is -2.22. The Kier molecular flexibility index (Phi) is 5.17. The molecule has 0 atom stereocenters. The summed E-state index contributed by atoms with van der Waals surface area (Å²) in [5.74, 6) is -0.600. The zero-order valence-corrected chi connectivity index (χ0v) is 13.5. The molecule has 0 spiro atoms. The Morgan fingerprint density at radius 2 is 1.68 bits per heavy atom. The first-order valence-corrected chi connectivity index (χ1v) is 9.20. The Labute approximate surface area is 130 Å². The van der Waals surface area contributed by atoms with E-state index in [0.717, 1.165) is 11.2 Å². The van der Waals surface area contributed by atoms with Gasteiger partial charge in [0.2, 0.25) is 27.7 Å². The largest absolute Gasteiger partial charge is 0.341 e. The van der Waals surface area contributed by atoms with Crippen molar-refractivity contribution in [1.82, 2.24) is 14.1 Å². The summed E-state index contributed by atoms with van der Waals surface area (Å²) < 4.78 is 24.4. The molecule has 9 heteroatoms. The SMILES string of the molecule is CS(=O)(=O)N1CCCN(C(=O)CCN2C(=O)CCC2=O)CC1. The van der Waals surface area contributed by atoms with Crippen molar-refractivity contribution in [2.75, 3.05) is 39.0 Å². The summed E-state index contributed by atoms with van der Waals surface area (Å²) in [4.78, 5) is 37.9. The van der Waals surface area contributed by atoms with Crippen molar-refractivity contribution in [2.24, 2.45) is 0 Å². The highest BCUT2D eigenvalue weighted by Crippen LogP contribution is 2.13. The van der Waals surface area contributed by atoms with Crippen LogP contribution in [0.4, 0.5) is 0 Å². The van der Waals surface area contributed by atoms with Gasteiger partial charge in [0.15, 0.2) is 0 Å². The fourth-order valence-corrected chi connectivity index (χ4v) is 3.59. The van der Waals surface area contributed by atoms with E-state index >= 15 is 0 Å². The first-order valence-electron chi connectivity index (χ1n) is 7.35. The van der Waals surface area contributed by atoms with Gasteiger partial charge >= 0.3 is 0 Å². The molecule has 0 aliphatic carbocycles. The number of imide groups is 1. The van der Waals surface area contributed by atoms with Crippen LogP contribution in [0.25, 0.3) is 0 Å². The quantitative estimate of drug-likeness (QED) is 0.617. The molecule has 0 radical (unpaired) electrons. The predicted molar refractivity (Wildman–Crippen MR) is 78.2 cm³/mol. The minimum atomic E-state index is -3.24. The predicted octanol–water partition coefficient (Wildman–Crippen LogP) is -0.981. The van der Waals surface area contributed by atoms with Gasteiger partial charge in [-0.2, -0.15) is 0 Å². The highest BCUT2D eigenvalue weighted by atomic mass is 32.2. The number of likely N-dealkylation sites (tertiary alicyclic amines) is 1. The smallest absolute Gasteiger partial charge is 0.229 e. The van der Waals surface area contributed by atoms with Gasteiger partial charge < -0.3 is 4.90 Å². The zero-order chi connectivity index (χ0) is 16.3. The molecular formula is C13H21N3O5S. The first-order chi connectivity index (χ1) is 10.3. The molecule has 0 aromatic carbocycles. The number of rotatable bonds is 4. The van der Waals surface area contributed by atoms with E-state index in [4.69, 9.17) is 0 Å². The Morgan fingerprint density at radius 1 is 1.05 bits per heavy atom. The maximum atomic E-state index is 12.2. The second-order valence-corrected chi connectivity index (χ2v) is 7.57. The summed E-state index contributed by atoms with van der Waals surface area (Å²) in [6.07, 6.45) is 2.28. The molecule has 2 aliphatic heterocycles. The van der Waals surface area contributed by atoms with Crippen molar-refractivity contribution >= 4 is 27.7 Å². The van der Waals surface area contributed by atoms with Crippen molar-refractivity contribution in [2.45, 2.75) is 25.7 Å². The van der Waals surface area contributed by atoms with Crippen LogP contribution < -0.4 is 0 Å². The van der Waals surface area contributed by atoms with Crippen LogP contribution in [0.15, 0.2) is 0 Å². The fourth-order valence-electron chi connectivity index (χ4n) is 2.71. The van der Waals surface area contributed by atoms with Crippen molar-refractivity contribution in [3.63, 3.8) is 0 Å². The highest BCUT2D eigenvalue weighted by Gasteiger charge is 2.30. The number of carbonyl (C=O) groups is 3. The molecular weight excluding hydrogens is 310 g/mol. The van der Waals surface area contributed by atoms with E-state index in [-0.39, 0.29) is 50.1 Å². The molecule has 0 aromatic rings. The number of hydrogen-bond donors (Lipinski definition) is 0. The molecule has 0 N–H and O–H groups in total. The maximum Gasteiger partial charge on any atom is 0.229 e. The second-order valence-electron chi connectivity index (χ2n) is 5.59. The molecule has 2 aliphatic rings. The van der Waals surface area contributed by atoms with E-state index in [1.54, 1.807) is 4.90 Å². The number of hydrogen-bond acceptors (Lipinski definition) is 5. The van der Waals surface area contributed by atoms with E-state index in [1.165, 1.54) is 4.31 Å². The third kappa shape index (κ3) is 4.04. The van der Waals surface area contributed by atoms with Crippen LogP contribution in [0.5, 0.6) is 0 Å². The number of amides is 3. The second kappa shape index (κ2) is 6.74. The molecule has 8 nitrogen and oxygen atoms in total. The molecule has 2 heterocycles. The van der Waals surface area contributed by atoms with Crippen LogP contribution in [0.1, 0.15) is 25.7 Å². The number of sulfonamides is 1. The summed E-state index contributed by atoms with van der Waals surface area (Å²) in [6.45, 7) is 1.64. The topological polar surface area (TPSA) is 95.1 Å². The standard InChI is InChI=1S/C13H21N3O5S/c1-22(20,21)15-7-2-6-14(9-10-15)11(17)5-8-16-12(18)3-4-13(16)19/h2-10H2,1H3. The Hall–Kier alpha value is -1.48. The molecule has 3 amide bonds. The lowest BCUT2D eigenvalue weighted by Crippen LogP contribution is -2.39. The summed E-state index contributed by atoms with van der Waals surface area (Å²) >= 11 is 0. The monoisotopic (exact) mass is 331 g/mol. The average Bonchev–Trinajstić information content (AvgIpc) is 2.67. The number of carbonyl (C=O) groups excluding carboxylic acids is 3. The summed E-state index contributed by atoms with van der Waals surface area (Å²) in [5.41, 5.74) is 0. The third-order valence-corrected chi connectivity index (χ3v) is 5.28. The molecule has 0 bridgehead atoms. The van der Waals surface area contributed by atoms with Crippen LogP contribution in [0.3, 0.4) is 0 Å². The van der Waals surface area contributed by atoms with Crippen LogP contribution in [-0.2, 0) is 24.4 Å². The first kappa shape index (κ1) is 16.9. The average molecular weight is 331 g/mol. The Morgan fingerprint density at radius 3 is 2.27 bits per heavy atom. The molecule has 0 saturated carbocycles. The molecule has 22 heavy (non-hydrogen) atoms. The zero-order valence-electron chi connectivity index (χ0n) is 12.7. The van der Waals surface area contributed by atoms with Gasteiger partial charge in [-0.25, -0.2) is 12.7 Å². The van der Waals surface area contributed by atoms with Gasteiger partial charge in [0.05, 0.1) is 6.26 Å². The maximum absolute atomic E-state index is 12.2.